The van der Waals surface area contributed by atoms with Gasteiger partial charge in [0, 0.05) is 19.8 Å². The zero-order chi connectivity index (χ0) is 14.4. The number of hydrogen-bond acceptors (Lipinski definition) is 3. The number of amides is 1. The number of hydrogen-bond donors (Lipinski definition) is 2. The summed E-state index contributed by atoms with van der Waals surface area (Å²) >= 11 is 0. The average molecular weight is 273 g/mol. The van der Waals surface area contributed by atoms with Crippen LogP contribution in [-0.4, -0.2) is 30.8 Å². The second kappa shape index (κ2) is 6.91. The van der Waals surface area contributed by atoms with E-state index in [-0.39, 0.29) is 11.7 Å². The van der Waals surface area contributed by atoms with Crippen LogP contribution >= 0.6 is 0 Å². The minimum Gasteiger partial charge on any atom is -0.507 e. The van der Waals surface area contributed by atoms with Gasteiger partial charge in [-0.1, -0.05) is 24.3 Å². The van der Waals surface area contributed by atoms with Crippen LogP contribution in [-0.2, 0) is 4.74 Å². The topological polar surface area (TPSA) is 58.6 Å². The van der Waals surface area contributed by atoms with Crippen LogP contribution in [0.25, 0.3) is 10.8 Å². The summed E-state index contributed by atoms with van der Waals surface area (Å²) in [7, 11) is 0. The first-order valence-electron chi connectivity index (χ1n) is 6.80. The number of fused-ring (bicyclic) bond motifs is 1. The number of phenolic OH excluding ortho intramolecular Hbond substituents is 1. The lowest BCUT2D eigenvalue weighted by atomic mass is 10.1. The fourth-order valence-electron chi connectivity index (χ4n) is 2.03. The van der Waals surface area contributed by atoms with E-state index in [2.05, 4.69) is 5.32 Å². The van der Waals surface area contributed by atoms with Gasteiger partial charge in [0.05, 0.1) is 5.56 Å². The quantitative estimate of drug-likeness (QED) is 0.796. The van der Waals surface area contributed by atoms with Gasteiger partial charge in [-0.2, -0.15) is 0 Å². The summed E-state index contributed by atoms with van der Waals surface area (Å²) in [6.07, 6.45) is 0.758. The van der Waals surface area contributed by atoms with Crippen molar-refractivity contribution in [2.24, 2.45) is 0 Å². The van der Waals surface area contributed by atoms with Gasteiger partial charge in [-0.15, -0.1) is 0 Å². The fourth-order valence-corrected chi connectivity index (χ4v) is 2.03. The smallest absolute Gasteiger partial charge is 0.255 e. The van der Waals surface area contributed by atoms with Crippen molar-refractivity contribution in [3.05, 3.63) is 42.0 Å². The van der Waals surface area contributed by atoms with E-state index in [1.165, 1.54) is 0 Å². The molecule has 0 spiro atoms. The molecule has 0 fully saturated rings. The Morgan fingerprint density at radius 1 is 1.25 bits per heavy atom. The molecular weight excluding hydrogens is 254 g/mol. The van der Waals surface area contributed by atoms with Crippen molar-refractivity contribution in [3.63, 3.8) is 0 Å². The van der Waals surface area contributed by atoms with Crippen molar-refractivity contribution in [1.82, 2.24) is 5.32 Å². The summed E-state index contributed by atoms with van der Waals surface area (Å²) in [4.78, 5) is 12.0. The molecule has 20 heavy (non-hydrogen) atoms. The van der Waals surface area contributed by atoms with E-state index in [1.54, 1.807) is 12.1 Å². The third-order valence-corrected chi connectivity index (χ3v) is 3.06. The van der Waals surface area contributed by atoms with Crippen molar-refractivity contribution in [3.8, 4) is 5.75 Å². The summed E-state index contributed by atoms with van der Waals surface area (Å²) in [5, 5.41) is 14.6. The molecule has 1 amide bonds. The molecule has 0 aliphatic carbocycles. The average Bonchev–Trinajstić information content (AvgIpc) is 2.46. The molecule has 0 bridgehead atoms. The summed E-state index contributed by atoms with van der Waals surface area (Å²) in [6.45, 7) is 3.77. The van der Waals surface area contributed by atoms with Gasteiger partial charge in [-0.3, -0.25) is 4.79 Å². The number of rotatable bonds is 6. The van der Waals surface area contributed by atoms with Crippen LogP contribution in [0.2, 0.25) is 0 Å². The number of carbonyl (C=O) groups is 1. The Bertz CT molecular complexity index is 595. The second-order valence-corrected chi connectivity index (χ2v) is 4.52. The molecule has 2 aromatic rings. The Morgan fingerprint density at radius 3 is 2.65 bits per heavy atom. The van der Waals surface area contributed by atoms with E-state index in [0.717, 1.165) is 17.2 Å². The SMILES string of the molecule is CCOCCCNC(=O)c1cc2ccccc2cc1O. The zero-order valence-electron chi connectivity index (χ0n) is 11.6. The molecule has 0 unspecified atom stereocenters. The lowest BCUT2D eigenvalue weighted by Gasteiger charge is -2.08. The zero-order valence-corrected chi connectivity index (χ0v) is 11.6. The van der Waals surface area contributed by atoms with E-state index < -0.39 is 0 Å². The molecule has 0 heterocycles. The Morgan fingerprint density at radius 2 is 1.95 bits per heavy atom. The van der Waals surface area contributed by atoms with Crippen LogP contribution in [0.4, 0.5) is 0 Å². The Kier molecular flexibility index (Phi) is 4.96. The normalized spacial score (nSPS) is 10.7. The Labute approximate surface area is 118 Å². The van der Waals surface area contributed by atoms with Crippen LogP contribution < -0.4 is 5.32 Å². The van der Waals surface area contributed by atoms with Crippen LogP contribution in [0.1, 0.15) is 23.7 Å². The lowest BCUT2D eigenvalue weighted by molar-refractivity contribution is 0.0942. The highest BCUT2D eigenvalue weighted by Gasteiger charge is 2.11. The van der Waals surface area contributed by atoms with Crippen molar-refractivity contribution >= 4 is 16.7 Å². The summed E-state index contributed by atoms with van der Waals surface area (Å²) in [5.74, 6) is -0.254. The van der Waals surface area contributed by atoms with E-state index in [4.69, 9.17) is 4.74 Å². The van der Waals surface area contributed by atoms with Gasteiger partial charge in [-0.05, 0) is 36.2 Å². The molecule has 0 aliphatic rings. The largest absolute Gasteiger partial charge is 0.507 e. The van der Waals surface area contributed by atoms with E-state index in [0.29, 0.717) is 25.3 Å². The van der Waals surface area contributed by atoms with Crippen molar-refractivity contribution in [2.45, 2.75) is 13.3 Å². The van der Waals surface area contributed by atoms with Crippen LogP contribution in [0.3, 0.4) is 0 Å². The summed E-state index contributed by atoms with van der Waals surface area (Å²) in [6, 6.07) is 10.9. The molecule has 4 nitrogen and oxygen atoms in total. The highest BCUT2D eigenvalue weighted by molar-refractivity contribution is 6.01. The first-order valence-corrected chi connectivity index (χ1v) is 6.80. The first kappa shape index (κ1) is 14.3. The summed E-state index contributed by atoms with van der Waals surface area (Å²) in [5.41, 5.74) is 0.306. The van der Waals surface area contributed by atoms with Gasteiger partial charge < -0.3 is 15.2 Å². The fraction of sp³-hybridized carbons (Fsp3) is 0.312. The molecule has 2 aromatic carbocycles. The predicted octanol–water partition coefficient (Wildman–Crippen LogP) is 2.70. The molecule has 106 valence electrons. The van der Waals surface area contributed by atoms with Gasteiger partial charge in [0.15, 0.2) is 0 Å². The highest BCUT2D eigenvalue weighted by Crippen LogP contribution is 2.24. The molecule has 2 N–H and O–H groups in total. The molecule has 0 aliphatic heterocycles. The van der Waals surface area contributed by atoms with Gasteiger partial charge in [0.2, 0.25) is 0 Å². The van der Waals surface area contributed by atoms with Crippen LogP contribution in [0.15, 0.2) is 36.4 Å². The molecule has 0 radical (unpaired) electrons. The number of ether oxygens (including phenoxy) is 1. The number of carbonyl (C=O) groups excluding carboxylic acids is 1. The van der Waals surface area contributed by atoms with Crippen LogP contribution in [0.5, 0.6) is 5.75 Å². The second-order valence-electron chi connectivity index (χ2n) is 4.52. The number of nitrogens with one attached hydrogen (secondary N) is 1. The van der Waals surface area contributed by atoms with Gasteiger partial charge >= 0.3 is 0 Å². The highest BCUT2D eigenvalue weighted by atomic mass is 16.5. The number of phenols is 1. The van der Waals surface area contributed by atoms with Gasteiger partial charge in [0.25, 0.3) is 5.91 Å². The minimum atomic E-state index is -0.259. The van der Waals surface area contributed by atoms with E-state index in [9.17, 15) is 9.90 Å². The third-order valence-electron chi connectivity index (χ3n) is 3.06. The molecule has 0 saturated heterocycles. The number of benzene rings is 2. The minimum absolute atomic E-state index is 0.00556. The maximum atomic E-state index is 12.0. The monoisotopic (exact) mass is 273 g/mol. The predicted molar refractivity (Wildman–Crippen MR) is 79.1 cm³/mol. The first-order chi connectivity index (χ1) is 9.72. The number of aromatic hydroxyl groups is 1. The summed E-state index contributed by atoms with van der Waals surface area (Å²) < 4.78 is 5.20. The van der Waals surface area contributed by atoms with Gasteiger partial charge in [-0.25, -0.2) is 0 Å². The molecule has 0 saturated carbocycles. The molecule has 0 atom stereocenters. The molecule has 0 aromatic heterocycles. The molecule has 2 rings (SSSR count). The lowest BCUT2D eigenvalue weighted by Crippen LogP contribution is -2.25. The maximum Gasteiger partial charge on any atom is 0.255 e. The Hall–Kier alpha value is -2.07. The maximum absolute atomic E-state index is 12.0. The standard InChI is InChI=1S/C16H19NO3/c1-2-20-9-5-8-17-16(19)14-10-12-6-3-4-7-13(12)11-15(14)18/h3-4,6-7,10-11,18H,2,5,8-9H2,1H3,(H,17,19). The van der Waals surface area contributed by atoms with Gasteiger partial charge in [0.1, 0.15) is 5.75 Å². The van der Waals surface area contributed by atoms with E-state index >= 15 is 0 Å². The van der Waals surface area contributed by atoms with Crippen LogP contribution in [0, 0.1) is 0 Å². The molecular formula is C16H19NO3. The third kappa shape index (κ3) is 3.48. The van der Waals surface area contributed by atoms with E-state index in [1.807, 2.05) is 31.2 Å². The van der Waals surface area contributed by atoms with Crippen molar-refractivity contribution < 1.29 is 14.6 Å². The Balaban J connectivity index is 2.04. The molecule has 4 heteroatoms. The van der Waals surface area contributed by atoms with Crippen molar-refractivity contribution in [1.29, 1.82) is 0 Å². The van der Waals surface area contributed by atoms with Crippen molar-refractivity contribution in [2.75, 3.05) is 19.8 Å².